The number of hydrogen-bond acceptors (Lipinski definition) is 5. The summed E-state index contributed by atoms with van der Waals surface area (Å²) in [4.78, 5) is 41.0. The third-order valence-corrected chi connectivity index (χ3v) is 4.50. The van der Waals surface area contributed by atoms with E-state index in [-0.39, 0.29) is 18.4 Å². The zero-order valence-corrected chi connectivity index (χ0v) is 14.2. The summed E-state index contributed by atoms with van der Waals surface area (Å²) in [5, 5.41) is 2.60. The molecule has 8 heteroatoms. The first-order chi connectivity index (χ1) is 11.5. The van der Waals surface area contributed by atoms with Crippen LogP contribution in [0.3, 0.4) is 0 Å². The van der Waals surface area contributed by atoms with Crippen molar-refractivity contribution < 1.29 is 14.3 Å². The normalized spacial score (nSPS) is 20.7. The summed E-state index contributed by atoms with van der Waals surface area (Å²) >= 11 is 0. The van der Waals surface area contributed by atoms with Crippen LogP contribution in [0.5, 0.6) is 0 Å². The van der Waals surface area contributed by atoms with Crippen molar-refractivity contribution in [1.29, 1.82) is 0 Å². The van der Waals surface area contributed by atoms with Gasteiger partial charge in [-0.15, -0.1) is 0 Å². The topological polar surface area (TPSA) is 93.5 Å². The van der Waals surface area contributed by atoms with Crippen molar-refractivity contribution in [2.24, 2.45) is 0 Å². The van der Waals surface area contributed by atoms with E-state index in [0.717, 1.165) is 12.8 Å². The Morgan fingerprint density at radius 3 is 2.92 bits per heavy atom. The lowest BCUT2D eigenvalue weighted by Gasteiger charge is -2.42. The summed E-state index contributed by atoms with van der Waals surface area (Å²) in [7, 11) is 3.22. The molecule has 1 unspecified atom stereocenters. The molecule has 2 amide bonds. The van der Waals surface area contributed by atoms with Crippen LogP contribution in [-0.2, 0) is 20.9 Å². The predicted octanol–water partition coefficient (Wildman–Crippen LogP) is -0.223. The first-order valence-corrected chi connectivity index (χ1v) is 8.05. The standard InChI is InChI=1S/C16H24N4O4/c1-17-13(21)5-7-16(24-2)6-3-9-20(12-16)14(22)11-19-10-4-8-18-15(19)23/h4,8,10H,3,5-7,9,11-12H2,1-2H3,(H,17,21). The van der Waals surface area contributed by atoms with Gasteiger partial charge in [-0.25, -0.2) is 9.78 Å². The van der Waals surface area contributed by atoms with Gasteiger partial charge in [0, 0.05) is 46.1 Å². The van der Waals surface area contributed by atoms with Gasteiger partial charge in [-0.3, -0.25) is 14.2 Å². The van der Waals surface area contributed by atoms with Gasteiger partial charge < -0.3 is 15.0 Å². The van der Waals surface area contributed by atoms with E-state index in [9.17, 15) is 14.4 Å². The molecule has 1 aromatic rings. The van der Waals surface area contributed by atoms with Gasteiger partial charge in [-0.05, 0) is 25.3 Å². The number of likely N-dealkylation sites (tertiary alicyclic amines) is 1. The number of carbonyl (C=O) groups excluding carboxylic acids is 2. The van der Waals surface area contributed by atoms with Crippen LogP contribution in [-0.4, -0.2) is 59.1 Å². The van der Waals surface area contributed by atoms with Gasteiger partial charge >= 0.3 is 5.69 Å². The van der Waals surface area contributed by atoms with Crippen LogP contribution in [0.1, 0.15) is 25.7 Å². The molecule has 1 N–H and O–H groups in total. The number of aromatic nitrogens is 2. The average Bonchev–Trinajstić information content (AvgIpc) is 2.61. The van der Waals surface area contributed by atoms with Crippen molar-refractivity contribution in [2.45, 2.75) is 37.8 Å². The van der Waals surface area contributed by atoms with E-state index < -0.39 is 11.3 Å². The molecule has 0 bridgehead atoms. The lowest BCUT2D eigenvalue weighted by molar-refractivity contribution is -0.142. The first kappa shape index (κ1) is 18.1. The molecule has 0 radical (unpaired) electrons. The Labute approximate surface area is 140 Å². The summed E-state index contributed by atoms with van der Waals surface area (Å²) in [6, 6.07) is 1.62. The summed E-state index contributed by atoms with van der Waals surface area (Å²) < 4.78 is 6.96. The summed E-state index contributed by atoms with van der Waals surface area (Å²) in [6.45, 7) is 1.01. The second kappa shape index (κ2) is 8.05. The highest BCUT2D eigenvalue weighted by molar-refractivity contribution is 5.76. The number of amides is 2. The lowest BCUT2D eigenvalue weighted by atomic mass is 9.87. The Balaban J connectivity index is 2.02. The molecule has 24 heavy (non-hydrogen) atoms. The Morgan fingerprint density at radius 2 is 2.25 bits per heavy atom. The average molecular weight is 336 g/mol. The largest absolute Gasteiger partial charge is 0.376 e. The Bertz CT molecular complexity index is 645. The van der Waals surface area contributed by atoms with Gasteiger partial charge in [-0.2, -0.15) is 0 Å². The van der Waals surface area contributed by atoms with Gasteiger partial charge in [0.2, 0.25) is 11.8 Å². The van der Waals surface area contributed by atoms with Gasteiger partial charge in [0.05, 0.1) is 5.60 Å². The summed E-state index contributed by atoms with van der Waals surface area (Å²) in [6.07, 6.45) is 5.46. The molecule has 1 aliphatic rings. The molecule has 0 aliphatic carbocycles. The Morgan fingerprint density at radius 1 is 1.46 bits per heavy atom. The third-order valence-electron chi connectivity index (χ3n) is 4.50. The van der Waals surface area contributed by atoms with E-state index in [2.05, 4.69) is 10.3 Å². The molecule has 0 aromatic carbocycles. The van der Waals surface area contributed by atoms with Crippen molar-refractivity contribution in [2.75, 3.05) is 27.2 Å². The Hall–Kier alpha value is -2.22. The fraction of sp³-hybridized carbons (Fsp3) is 0.625. The fourth-order valence-corrected chi connectivity index (χ4v) is 3.00. The van der Waals surface area contributed by atoms with Gasteiger partial charge in [0.25, 0.3) is 0 Å². The minimum Gasteiger partial charge on any atom is -0.376 e. The molecule has 1 saturated heterocycles. The molecule has 132 valence electrons. The number of piperidine rings is 1. The van der Waals surface area contributed by atoms with Gasteiger partial charge in [0.1, 0.15) is 6.54 Å². The molecule has 1 atom stereocenters. The van der Waals surface area contributed by atoms with E-state index in [0.29, 0.717) is 25.9 Å². The number of carbonyl (C=O) groups is 2. The molecule has 2 rings (SSSR count). The molecule has 1 aromatic heterocycles. The van der Waals surface area contributed by atoms with E-state index in [1.165, 1.54) is 10.8 Å². The fourth-order valence-electron chi connectivity index (χ4n) is 3.00. The molecule has 0 saturated carbocycles. The van der Waals surface area contributed by atoms with Crippen LogP contribution in [0.15, 0.2) is 23.3 Å². The van der Waals surface area contributed by atoms with Crippen LogP contribution in [0.25, 0.3) is 0 Å². The second-order valence-electron chi connectivity index (χ2n) is 6.01. The van der Waals surface area contributed by atoms with Crippen LogP contribution < -0.4 is 11.0 Å². The molecular weight excluding hydrogens is 312 g/mol. The van der Waals surface area contributed by atoms with E-state index in [4.69, 9.17) is 4.74 Å². The van der Waals surface area contributed by atoms with Crippen LogP contribution >= 0.6 is 0 Å². The van der Waals surface area contributed by atoms with Crippen LogP contribution in [0.4, 0.5) is 0 Å². The molecule has 1 fully saturated rings. The zero-order chi connectivity index (χ0) is 17.6. The van der Waals surface area contributed by atoms with Crippen LogP contribution in [0, 0.1) is 0 Å². The van der Waals surface area contributed by atoms with Crippen molar-refractivity contribution in [3.05, 3.63) is 28.9 Å². The predicted molar refractivity (Wildman–Crippen MR) is 87.4 cm³/mol. The highest BCUT2D eigenvalue weighted by atomic mass is 16.5. The lowest BCUT2D eigenvalue weighted by Crippen LogP contribution is -2.52. The summed E-state index contributed by atoms with van der Waals surface area (Å²) in [5.74, 6) is -0.192. The van der Waals surface area contributed by atoms with Gasteiger partial charge in [0.15, 0.2) is 0 Å². The number of hydrogen-bond donors (Lipinski definition) is 1. The maximum Gasteiger partial charge on any atom is 0.347 e. The SMILES string of the molecule is CNC(=O)CCC1(OC)CCCN(C(=O)Cn2cccnc2=O)C1. The van der Waals surface area contributed by atoms with E-state index in [1.54, 1.807) is 31.3 Å². The molecule has 0 spiro atoms. The monoisotopic (exact) mass is 336 g/mol. The van der Waals surface area contributed by atoms with E-state index in [1.807, 2.05) is 0 Å². The molecule has 1 aliphatic heterocycles. The smallest absolute Gasteiger partial charge is 0.347 e. The number of nitrogens with one attached hydrogen (secondary N) is 1. The maximum atomic E-state index is 12.5. The highest BCUT2D eigenvalue weighted by Crippen LogP contribution is 2.29. The number of methoxy groups -OCH3 is 1. The number of ether oxygens (including phenoxy) is 1. The molecule has 8 nitrogen and oxygen atoms in total. The first-order valence-electron chi connectivity index (χ1n) is 8.05. The quantitative estimate of drug-likeness (QED) is 0.775. The zero-order valence-electron chi connectivity index (χ0n) is 14.2. The summed E-state index contributed by atoms with van der Waals surface area (Å²) in [5.41, 5.74) is -0.958. The van der Waals surface area contributed by atoms with Crippen LogP contribution in [0.2, 0.25) is 0 Å². The third kappa shape index (κ3) is 4.41. The highest BCUT2D eigenvalue weighted by Gasteiger charge is 2.37. The second-order valence-corrected chi connectivity index (χ2v) is 6.01. The number of rotatable bonds is 6. The van der Waals surface area contributed by atoms with Crippen molar-refractivity contribution in [3.63, 3.8) is 0 Å². The van der Waals surface area contributed by atoms with Crippen molar-refractivity contribution >= 4 is 11.8 Å². The Kier molecular flexibility index (Phi) is 6.08. The van der Waals surface area contributed by atoms with Gasteiger partial charge in [-0.1, -0.05) is 0 Å². The maximum absolute atomic E-state index is 12.5. The molecule has 2 heterocycles. The number of nitrogens with zero attached hydrogens (tertiary/aromatic N) is 3. The van der Waals surface area contributed by atoms with E-state index >= 15 is 0 Å². The van der Waals surface area contributed by atoms with Crippen molar-refractivity contribution in [3.8, 4) is 0 Å². The van der Waals surface area contributed by atoms with Crippen molar-refractivity contribution in [1.82, 2.24) is 19.8 Å². The minimum atomic E-state index is -0.514. The molecular formula is C16H24N4O4. The minimum absolute atomic E-state index is 0.0398.